The molecule has 0 fully saturated rings. The third kappa shape index (κ3) is 4.40. The van der Waals surface area contributed by atoms with Crippen molar-refractivity contribution in [3.63, 3.8) is 0 Å². The molecule has 1 nitrogen and oxygen atoms in total. The third-order valence-corrected chi connectivity index (χ3v) is 3.74. The molecular weight excluding hydrogens is 412 g/mol. The Balaban J connectivity index is 2.83. The van der Waals surface area contributed by atoms with E-state index in [1.807, 2.05) is 28.7 Å². The molecule has 6 heteroatoms. The molecule has 1 aromatic carbocycles. The molecular formula is C11H11BrF3IO. The first-order chi connectivity index (χ1) is 7.86. The smallest absolute Gasteiger partial charge is 0.360 e. The number of benzene rings is 1. The largest absolute Gasteiger partial charge is 0.414 e. The highest BCUT2D eigenvalue weighted by Crippen LogP contribution is 2.32. The molecule has 1 aromatic rings. The van der Waals surface area contributed by atoms with E-state index in [4.69, 9.17) is 4.74 Å². The third-order valence-electron chi connectivity index (χ3n) is 2.22. The summed E-state index contributed by atoms with van der Waals surface area (Å²) in [7, 11) is 0. The van der Waals surface area contributed by atoms with E-state index in [0.29, 0.717) is 4.43 Å². The fourth-order valence-electron chi connectivity index (χ4n) is 1.25. The number of halogens is 5. The molecule has 96 valence electrons. The van der Waals surface area contributed by atoms with Gasteiger partial charge in [-0.05, 0) is 18.6 Å². The molecule has 0 radical (unpaired) electrons. The molecule has 2 atom stereocenters. The first kappa shape index (κ1) is 15.2. The first-order valence-corrected chi connectivity index (χ1v) is 7.20. The zero-order valence-corrected chi connectivity index (χ0v) is 12.7. The Kier molecular flexibility index (Phi) is 5.72. The van der Waals surface area contributed by atoms with Crippen LogP contribution in [0.25, 0.3) is 0 Å². The van der Waals surface area contributed by atoms with Crippen molar-refractivity contribution in [1.29, 1.82) is 0 Å². The molecule has 0 aliphatic rings. The van der Waals surface area contributed by atoms with Crippen molar-refractivity contribution >= 4 is 38.5 Å². The van der Waals surface area contributed by atoms with Gasteiger partial charge in [0.2, 0.25) is 0 Å². The molecule has 0 N–H and O–H groups in total. The highest BCUT2D eigenvalue weighted by Gasteiger charge is 2.38. The molecule has 17 heavy (non-hydrogen) atoms. The van der Waals surface area contributed by atoms with E-state index in [2.05, 4.69) is 15.9 Å². The lowest BCUT2D eigenvalue weighted by molar-refractivity contribution is -0.225. The van der Waals surface area contributed by atoms with Crippen LogP contribution in [-0.4, -0.2) is 16.7 Å². The monoisotopic (exact) mass is 422 g/mol. The van der Waals surface area contributed by atoms with Crippen LogP contribution in [0, 0.1) is 0 Å². The van der Waals surface area contributed by atoms with Gasteiger partial charge in [-0.15, -0.1) is 0 Å². The highest BCUT2D eigenvalue weighted by molar-refractivity contribution is 14.1. The fraction of sp³-hybridized carbons (Fsp3) is 0.455. The Labute approximate surface area is 120 Å². The minimum atomic E-state index is -4.33. The van der Waals surface area contributed by atoms with Crippen molar-refractivity contribution in [3.05, 3.63) is 34.3 Å². The number of hydrogen-bond acceptors (Lipinski definition) is 1. The van der Waals surface area contributed by atoms with Gasteiger partial charge < -0.3 is 4.74 Å². The molecule has 0 bridgehead atoms. The van der Waals surface area contributed by atoms with Gasteiger partial charge in [0.15, 0.2) is 6.10 Å². The zero-order chi connectivity index (χ0) is 13.1. The second-order valence-electron chi connectivity index (χ2n) is 3.48. The predicted octanol–water partition coefficient (Wildman–Crippen LogP) is 4.89. The van der Waals surface area contributed by atoms with Crippen LogP contribution in [0.15, 0.2) is 28.7 Å². The van der Waals surface area contributed by atoms with Crippen LogP contribution < -0.4 is 0 Å². The summed E-state index contributed by atoms with van der Waals surface area (Å²) in [5.41, 5.74) is 0.734. The van der Waals surface area contributed by atoms with Crippen molar-refractivity contribution in [2.75, 3.05) is 4.43 Å². The maximum Gasteiger partial charge on any atom is 0.414 e. The minimum absolute atomic E-state index is 0.459. The SMILES string of the molecule is CC(OC(CI)c1ccccc1Br)C(F)(F)F. The van der Waals surface area contributed by atoms with Crippen molar-refractivity contribution in [1.82, 2.24) is 0 Å². The summed E-state index contributed by atoms with van der Waals surface area (Å²) in [5, 5.41) is 0. The van der Waals surface area contributed by atoms with E-state index in [9.17, 15) is 13.2 Å². The molecule has 0 heterocycles. The van der Waals surface area contributed by atoms with E-state index in [0.717, 1.165) is 17.0 Å². The standard InChI is InChI=1S/C11H11BrF3IO/c1-7(11(13,14)15)17-10(6-16)8-4-2-3-5-9(8)12/h2-5,7,10H,6H2,1H3. The number of ether oxygens (including phenoxy) is 1. The lowest BCUT2D eigenvalue weighted by atomic mass is 10.1. The van der Waals surface area contributed by atoms with Gasteiger partial charge in [-0.1, -0.05) is 56.7 Å². The molecule has 0 saturated heterocycles. The van der Waals surface area contributed by atoms with E-state index < -0.39 is 18.4 Å². The van der Waals surface area contributed by atoms with E-state index >= 15 is 0 Å². The minimum Gasteiger partial charge on any atom is -0.360 e. The lowest BCUT2D eigenvalue weighted by Gasteiger charge is -2.23. The van der Waals surface area contributed by atoms with Gasteiger partial charge in [0, 0.05) is 8.90 Å². The van der Waals surface area contributed by atoms with Gasteiger partial charge in [0.1, 0.15) is 0 Å². The summed E-state index contributed by atoms with van der Waals surface area (Å²) >= 11 is 5.33. The first-order valence-electron chi connectivity index (χ1n) is 4.88. The van der Waals surface area contributed by atoms with Gasteiger partial charge >= 0.3 is 6.18 Å². The van der Waals surface area contributed by atoms with Crippen LogP contribution >= 0.6 is 38.5 Å². The summed E-state index contributed by atoms with van der Waals surface area (Å²) in [6.45, 7) is 1.02. The van der Waals surface area contributed by atoms with Gasteiger partial charge in [-0.3, -0.25) is 0 Å². The molecule has 0 aliphatic carbocycles. The van der Waals surface area contributed by atoms with Gasteiger partial charge in [0.25, 0.3) is 0 Å². The Hall–Kier alpha value is 0.180. The van der Waals surface area contributed by atoms with Crippen LogP contribution in [0.2, 0.25) is 0 Å². The Morgan fingerprint density at radius 1 is 1.35 bits per heavy atom. The maximum atomic E-state index is 12.4. The summed E-state index contributed by atoms with van der Waals surface area (Å²) in [5.74, 6) is 0. The average molecular weight is 423 g/mol. The second-order valence-corrected chi connectivity index (χ2v) is 5.22. The zero-order valence-electron chi connectivity index (χ0n) is 8.97. The van der Waals surface area contributed by atoms with Crippen LogP contribution in [-0.2, 0) is 4.74 Å². The summed E-state index contributed by atoms with van der Waals surface area (Å²) in [6.07, 6.45) is -6.66. The summed E-state index contributed by atoms with van der Waals surface area (Å²) in [6, 6.07) is 7.14. The average Bonchev–Trinajstić information content (AvgIpc) is 2.25. The Morgan fingerprint density at radius 2 is 1.94 bits per heavy atom. The molecule has 1 rings (SSSR count). The van der Waals surface area contributed by atoms with Gasteiger partial charge in [-0.2, -0.15) is 13.2 Å². The molecule has 0 amide bonds. The highest BCUT2D eigenvalue weighted by atomic mass is 127. The van der Waals surface area contributed by atoms with E-state index in [-0.39, 0.29) is 0 Å². The molecule has 0 aromatic heterocycles. The summed E-state index contributed by atoms with van der Waals surface area (Å²) in [4.78, 5) is 0. The van der Waals surface area contributed by atoms with Gasteiger partial charge in [0.05, 0.1) is 6.10 Å². The van der Waals surface area contributed by atoms with Crippen LogP contribution in [0.1, 0.15) is 18.6 Å². The molecule has 2 unspecified atom stereocenters. The van der Waals surface area contributed by atoms with Crippen molar-refractivity contribution in [2.45, 2.75) is 25.3 Å². The molecule has 0 aliphatic heterocycles. The second kappa shape index (κ2) is 6.38. The van der Waals surface area contributed by atoms with Crippen molar-refractivity contribution in [2.24, 2.45) is 0 Å². The fourth-order valence-corrected chi connectivity index (χ4v) is 2.47. The van der Waals surface area contributed by atoms with E-state index in [1.54, 1.807) is 18.2 Å². The summed E-state index contributed by atoms with van der Waals surface area (Å²) < 4.78 is 43.6. The van der Waals surface area contributed by atoms with Crippen LogP contribution in [0.3, 0.4) is 0 Å². The lowest BCUT2D eigenvalue weighted by Crippen LogP contribution is -2.30. The Bertz CT molecular complexity index is 370. The number of hydrogen-bond donors (Lipinski definition) is 0. The normalized spacial score (nSPS) is 15.6. The Morgan fingerprint density at radius 3 is 2.41 bits per heavy atom. The molecule has 0 spiro atoms. The van der Waals surface area contributed by atoms with E-state index in [1.165, 1.54) is 0 Å². The van der Waals surface area contributed by atoms with Gasteiger partial charge in [-0.25, -0.2) is 0 Å². The van der Waals surface area contributed by atoms with Crippen LogP contribution in [0.5, 0.6) is 0 Å². The van der Waals surface area contributed by atoms with Crippen LogP contribution in [0.4, 0.5) is 13.2 Å². The topological polar surface area (TPSA) is 9.23 Å². The van der Waals surface area contributed by atoms with Crippen molar-refractivity contribution in [3.8, 4) is 0 Å². The predicted molar refractivity (Wildman–Crippen MR) is 72.4 cm³/mol. The number of rotatable bonds is 4. The molecule has 0 saturated carbocycles. The number of alkyl halides is 4. The maximum absolute atomic E-state index is 12.4. The van der Waals surface area contributed by atoms with Crippen molar-refractivity contribution < 1.29 is 17.9 Å². The quantitative estimate of drug-likeness (QED) is 0.495.